The number of benzene rings is 2. The Kier molecular flexibility index (Phi) is 7.36. The summed E-state index contributed by atoms with van der Waals surface area (Å²) >= 11 is 0. The quantitative estimate of drug-likeness (QED) is 0.586. The van der Waals surface area contributed by atoms with Crippen LogP contribution in [0.5, 0.6) is 5.75 Å². The van der Waals surface area contributed by atoms with Crippen LogP contribution in [0, 0.1) is 12.8 Å². The molecule has 0 radical (unpaired) electrons. The molecule has 4 heteroatoms. The van der Waals surface area contributed by atoms with Crippen molar-refractivity contribution < 1.29 is 9.47 Å². The molecule has 2 fully saturated rings. The summed E-state index contributed by atoms with van der Waals surface area (Å²) < 4.78 is 12.1. The molecule has 2 aromatic carbocycles. The lowest BCUT2D eigenvalue weighted by Crippen LogP contribution is -2.33. The van der Waals surface area contributed by atoms with Gasteiger partial charge in [0.15, 0.2) is 5.88 Å². The highest BCUT2D eigenvalue weighted by Crippen LogP contribution is 2.35. The Bertz CT molecular complexity index is 1080. The smallest absolute Gasteiger partial charge is 0.184 e. The van der Waals surface area contributed by atoms with Crippen molar-refractivity contribution in [2.24, 2.45) is 5.92 Å². The Hall–Kier alpha value is -3.24. The molecule has 4 nitrogen and oxygen atoms in total. The molecule has 172 valence electrons. The van der Waals surface area contributed by atoms with Gasteiger partial charge < -0.3 is 20.1 Å². The maximum atomic E-state index is 6.30. The van der Waals surface area contributed by atoms with Crippen molar-refractivity contribution in [3.05, 3.63) is 107 Å². The van der Waals surface area contributed by atoms with Crippen LogP contribution in [-0.2, 0) is 11.3 Å². The van der Waals surface area contributed by atoms with Crippen molar-refractivity contribution in [2.45, 2.75) is 33.3 Å². The summed E-state index contributed by atoms with van der Waals surface area (Å²) in [4.78, 5) is 0. The fourth-order valence-corrected chi connectivity index (χ4v) is 4.66. The third-order valence-electron chi connectivity index (χ3n) is 6.37. The van der Waals surface area contributed by atoms with Crippen LogP contribution in [0.1, 0.15) is 36.5 Å². The average Bonchev–Trinajstić information content (AvgIpc) is 2.83. The van der Waals surface area contributed by atoms with Crippen LogP contribution >= 0.6 is 0 Å². The van der Waals surface area contributed by atoms with Crippen LogP contribution in [0.2, 0.25) is 0 Å². The summed E-state index contributed by atoms with van der Waals surface area (Å²) in [7, 11) is 0. The molecular formula is C29H34N2O2. The van der Waals surface area contributed by atoms with Crippen LogP contribution < -0.4 is 15.4 Å². The lowest BCUT2D eigenvalue weighted by Gasteiger charge is -2.30. The highest BCUT2D eigenvalue weighted by Gasteiger charge is 2.24. The van der Waals surface area contributed by atoms with E-state index in [2.05, 4.69) is 74.0 Å². The van der Waals surface area contributed by atoms with E-state index in [1.165, 1.54) is 16.7 Å². The average molecular weight is 443 g/mol. The molecule has 33 heavy (non-hydrogen) atoms. The highest BCUT2D eigenvalue weighted by molar-refractivity contribution is 5.74. The maximum Gasteiger partial charge on any atom is 0.184 e. The van der Waals surface area contributed by atoms with Gasteiger partial charge in [0.1, 0.15) is 19.0 Å². The van der Waals surface area contributed by atoms with Gasteiger partial charge in [-0.1, -0.05) is 55.1 Å². The van der Waals surface area contributed by atoms with Crippen molar-refractivity contribution in [2.75, 3.05) is 19.7 Å². The predicted octanol–water partition coefficient (Wildman–Crippen LogP) is 5.88. The van der Waals surface area contributed by atoms with Gasteiger partial charge >= 0.3 is 0 Å². The summed E-state index contributed by atoms with van der Waals surface area (Å²) in [6.07, 6.45) is 4.63. The largest absolute Gasteiger partial charge is 0.488 e. The van der Waals surface area contributed by atoms with Gasteiger partial charge in [0.2, 0.25) is 0 Å². The molecule has 2 N–H and O–H groups in total. The van der Waals surface area contributed by atoms with Crippen molar-refractivity contribution in [3.63, 3.8) is 0 Å². The highest BCUT2D eigenvalue weighted by atomic mass is 16.5. The third kappa shape index (κ3) is 5.58. The normalized spacial score (nSPS) is 20.7. The van der Waals surface area contributed by atoms with Crippen molar-refractivity contribution in [1.82, 2.24) is 10.6 Å². The third-order valence-corrected chi connectivity index (χ3v) is 6.37. The van der Waals surface area contributed by atoms with E-state index in [0.717, 1.165) is 54.1 Å². The van der Waals surface area contributed by atoms with Gasteiger partial charge in [0.25, 0.3) is 0 Å². The van der Waals surface area contributed by atoms with Gasteiger partial charge in [-0.3, -0.25) is 0 Å². The monoisotopic (exact) mass is 442 g/mol. The summed E-state index contributed by atoms with van der Waals surface area (Å²) in [5.74, 6) is 1.87. The molecule has 0 bridgehead atoms. The molecule has 2 heterocycles. The lowest BCUT2D eigenvalue weighted by molar-refractivity contribution is 0.205. The molecule has 2 aliphatic rings. The van der Waals surface area contributed by atoms with E-state index in [-0.39, 0.29) is 0 Å². The van der Waals surface area contributed by atoms with Crippen molar-refractivity contribution in [3.8, 4) is 5.75 Å². The SMILES string of the molecule is C=C1NC(=C)/C(=C(\C=C(/C)c2c(C)cccc2OCc2ccccc2)C2CCCNC2)CO1. The standard InChI is InChI=1S/C29H34N2O2/c1-20-10-8-14-28(33-18-24-11-6-5-7-12-24)29(20)21(2)16-26(25-13-9-15-30-17-25)27-19-32-23(4)31-22(27)3/h5-8,10-12,14,16,25,30-31H,3-4,9,13,15,17-19H2,1-2H3/b21-16+,27-26+. The molecular weight excluding hydrogens is 408 g/mol. The molecule has 1 atom stereocenters. The number of hydrogen-bond acceptors (Lipinski definition) is 4. The Labute approximate surface area is 197 Å². The first-order valence-corrected chi connectivity index (χ1v) is 11.7. The first-order valence-electron chi connectivity index (χ1n) is 11.7. The molecule has 2 aliphatic heterocycles. The number of hydrogen-bond donors (Lipinski definition) is 2. The fraction of sp³-hybridized carbons (Fsp3) is 0.310. The van der Waals surface area contributed by atoms with Gasteiger partial charge in [0, 0.05) is 23.4 Å². The Morgan fingerprint density at radius 1 is 1.15 bits per heavy atom. The Morgan fingerprint density at radius 3 is 2.70 bits per heavy atom. The van der Waals surface area contributed by atoms with Crippen LogP contribution in [0.3, 0.4) is 0 Å². The minimum Gasteiger partial charge on any atom is -0.488 e. The first kappa shape index (κ1) is 22.9. The van der Waals surface area contributed by atoms with E-state index in [1.54, 1.807) is 0 Å². The second-order valence-corrected chi connectivity index (χ2v) is 8.84. The van der Waals surface area contributed by atoms with E-state index in [0.29, 0.717) is 25.0 Å². The summed E-state index contributed by atoms with van der Waals surface area (Å²) in [6.45, 7) is 15.5. The van der Waals surface area contributed by atoms with E-state index in [1.807, 2.05) is 18.2 Å². The van der Waals surface area contributed by atoms with E-state index < -0.39 is 0 Å². The van der Waals surface area contributed by atoms with E-state index in [9.17, 15) is 0 Å². The van der Waals surface area contributed by atoms with Gasteiger partial charge in [-0.2, -0.15) is 0 Å². The number of nitrogens with one attached hydrogen (secondary N) is 2. The number of aryl methyl sites for hydroxylation is 1. The molecule has 0 spiro atoms. The van der Waals surface area contributed by atoms with Crippen molar-refractivity contribution >= 4 is 5.57 Å². The zero-order chi connectivity index (χ0) is 23.2. The summed E-state index contributed by atoms with van der Waals surface area (Å²) in [6, 6.07) is 16.6. The summed E-state index contributed by atoms with van der Waals surface area (Å²) in [5.41, 5.74) is 7.96. The van der Waals surface area contributed by atoms with E-state index in [4.69, 9.17) is 9.47 Å². The van der Waals surface area contributed by atoms with Crippen LogP contribution in [0.25, 0.3) is 5.57 Å². The molecule has 1 unspecified atom stereocenters. The number of ether oxygens (including phenoxy) is 2. The predicted molar refractivity (Wildman–Crippen MR) is 136 cm³/mol. The molecule has 2 saturated heterocycles. The molecule has 2 aromatic rings. The van der Waals surface area contributed by atoms with Crippen molar-refractivity contribution in [1.29, 1.82) is 0 Å². The number of allylic oxidation sites excluding steroid dienone is 2. The maximum absolute atomic E-state index is 6.30. The first-order chi connectivity index (χ1) is 16.0. The molecule has 0 aliphatic carbocycles. The minimum absolute atomic E-state index is 0.412. The molecule has 0 aromatic heterocycles. The minimum atomic E-state index is 0.412. The second kappa shape index (κ2) is 10.6. The van der Waals surface area contributed by atoms with Crippen LogP contribution in [0.4, 0.5) is 0 Å². The summed E-state index contributed by atoms with van der Waals surface area (Å²) in [5, 5.41) is 6.74. The Morgan fingerprint density at radius 2 is 1.97 bits per heavy atom. The van der Waals surface area contributed by atoms with Gasteiger partial charge in [-0.05, 0) is 74.1 Å². The van der Waals surface area contributed by atoms with Crippen LogP contribution in [0.15, 0.2) is 90.5 Å². The van der Waals surface area contributed by atoms with E-state index >= 15 is 0 Å². The number of rotatable bonds is 6. The molecule has 4 rings (SSSR count). The van der Waals surface area contributed by atoms with Gasteiger partial charge in [0.05, 0.1) is 0 Å². The van der Waals surface area contributed by atoms with Gasteiger partial charge in [-0.15, -0.1) is 0 Å². The molecule has 0 amide bonds. The van der Waals surface area contributed by atoms with Crippen LogP contribution in [-0.4, -0.2) is 19.7 Å². The Balaban J connectivity index is 1.70. The number of piperidine rings is 1. The topological polar surface area (TPSA) is 42.5 Å². The second-order valence-electron chi connectivity index (χ2n) is 8.84. The zero-order valence-electron chi connectivity index (χ0n) is 19.7. The zero-order valence-corrected chi connectivity index (χ0v) is 19.7. The fourth-order valence-electron chi connectivity index (χ4n) is 4.66. The lowest BCUT2D eigenvalue weighted by atomic mass is 9.85. The molecule has 0 saturated carbocycles. The van der Waals surface area contributed by atoms with Gasteiger partial charge in [-0.25, -0.2) is 0 Å².